The van der Waals surface area contributed by atoms with Crippen LogP contribution in [-0.2, 0) is 78.6 Å². The van der Waals surface area contributed by atoms with Crippen molar-refractivity contribution in [2.24, 2.45) is 45.3 Å². The Balaban J connectivity index is 0.000000152. The number of piperidine rings is 1. The van der Waals surface area contributed by atoms with Crippen molar-refractivity contribution in [1.29, 1.82) is 0 Å². The molecule has 8 heterocycles. The molecule has 2 aromatic heterocycles. The summed E-state index contributed by atoms with van der Waals surface area (Å²) < 4.78 is 44.0. The number of esters is 5. The second-order valence-corrected chi connectivity index (χ2v) is 41.3. The molecule has 4 aromatic carbocycles. The molecule has 13 aliphatic rings. The van der Waals surface area contributed by atoms with E-state index in [1.54, 1.807) is 117 Å². The maximum atomic E-state index is 15.5. The average Bonchev–Trinajstić information content (AvgIpc) is 0.682. The minimum absolute atomic E-state index is 0.00289. The highest BCUT2D eigenvalue weighted by atomic mass is 32.4. The number of benzene rings is 4. The van der Waals surface area contributed by atoms with Crippen LogP contribution in [0.3, 0.4) is 0 Å². The number of fused-ring (bicyclic) bond motifs is 12. The molecule has 128 heavy (non-hydrogen) atoms. The van der Waals surface area contributed by atoms with Gasteiger partial charge in [-0.15, -0.1) is 0 Å². The first-order valence-electron chi connectivity index (χ1n) is 43.8. The number of anilines is 1. The zero-order valence-electron chi connectivity index (χ0n) is 73.0. The molecule has 0 radical (unpaired) electrons. The number of amides is 5. The number of nitrogen functional groups attached to an aromatic ring is 1. The standard InChI is InChI=1S/C47H51NO14.C22H32O3.C13H10N2O4.C6H12N3PS.C5H5N5S/c1-25-31(60-43(56)36(52)35(28-16-10-7-11-17-28)48-41(54)29-18-12-8-13-19-29)23-47(57)40(61-42(55)30-20-14-9-15-21-30)38-45(6,32(51)22-33-46(38,24-58-33)62-27(3)50)39(53)37(59-26(2)49)34(25)44(47,4)5;1-4-20(24)25-19-8-7-17-16-6-5-14-13-15(23)9-11-21(14,2)18(16)10-12-22(17,19)3;16-10-6-5-9(11(17)14-10)15-12(18)7-3-1-2-4-8(7)13(15)19;11-10(7-1-2-7,8-3-4-8)9-5-6-9;6-5-9-3-2(4(11)10-5)7-1-8-3/h7-21,31-33,35-38,40,51-52,57H,22-24H2,1-6H3,(H,48,54);13,16-19H,4-12H2,1-3H3;1-4,9H,5-6H2,(H,14,16,17);1-6H2;1H,(H4,6,7,8,9,10,11)/t31-,32-,33+,35-,36+,37+,38-,40-,45+,46-,47+;16-,17-,18-,19-,21-,22-;;;/m00.../s1. The molecule has 2 bridgehead atoms. The predicted octanol–water partition coefficient (Wildman–Crippen LogP) is 9.42. The summed E-state index contributed by atoms with van der Waals surface area (Å²) in [5, 5.41) is 42.4. The second-order valence-electron chi connectivity index (χ2n) is 36.7. The first-order valence-corrected chi connectivity index (χ1v) is 46.9. The van der Waals surface area contributed by atoms with Crippen molar-refractivity contribution in [1.82, 2.24) is 49.5 Å². The Morgan fingerprint density at radius 1 is 0.734 bits per heavy atom. The van der Waals surface area contributed by atoms with Crippen LogP contribution in [0.5, 0.6) is 0 Å². The van der Waals surface area contributed by atoms with Crippen LogP contribution in [0.25, 0.3) is 11.2 Å². The third-order valence-corrected chi connectivity index (χ3v) is 34.7. The molecule has 5 saturated heterocycles. The monoisotopic (exact) mass is 1810 g/mol. The van der Waals surface area contributed by atoms with Gasteiger partial charge in [-0.05, 0) is 159 Å². The van der Waals surface area contributed by atoms with Crippen LogP contribution in [0.2, 0.25) is 0 Å². The molecule has 19 rings (SSSR count). The number of aromatic amines is 2. The number of carbonyl (C=O) groups excluding carboxylic acids is 12. The summed E-state index contributed by atoms with van der Waals surface area (Å²) in [6, 6.07) is 28.5. The highest BCUT2D eigenvalue weighted by Crippen LogP contribution is 2.69. The van der Waals surface area contributed by atoms with Gasteiger partial charge < -0.3 is 64.8 Å². The number of hydrogen-bond donors (Lipinski definition) is 8. The molecule has 9 N–H and O–H groups in total. The van der Waals surface area contributed by atoms with Crippen molar-refractivity contribution in [3.05, 3.63) is 177 Å². The van der Waals surface area contributed by atoms with E-state index in [0.717, 1.165) is 56.8 Å². The molecule has 35 heteroatoms. The fourth-order valence-electron chi connectivity index (χ4n) is 21.9. The van der Waals surface area contributed by atoms with Gasteiger partial charge in [0, 0.05) is 102 Å². The third kappa shape index (κ3) is 17.2. The van der Waals surface area contributed by atoms with Gasteiger partial charge in [0.2, 0.25) is 17.8 Å². The number of nitrogens with zero attached hydrogens (tertiary/aromatic N) is 6. The lowest BCUT2D eigenvalue weighted by molar-refractivity contribution is -0.346. The molecule has 7 aliphatic carbocycles. The molecule has 6 aliphatic heterocycles. The summed E-state index contributed by atoms with van der Waals surface area (Å²) in [5.41, 5.74) is 2.17. The number of imidazole rings is 1. The summed E-state index contributed by atoms with van der Waals surface area (Å²) in [4.78, 5) is 169. The number of nitrogens with one attached hydrogen (secondary N) is 4. The van der Waals surface area contributed by atoms with Crippen molar-refractivity contribution in [3.63, 3.8) is 0 Å². The topological polar surface area (TPSA) is 441 Å². The number of rotatable bonds is 16. The summed E-state index contributed by atoms with van der Waals surface area (Å²) in [7, 11) is 0. The minimum atomic E-state index is -2.39. The molecule has 0 spiro atoms. The Morgan fingerprint density at radius 2 is 1.34 bits per heavy atom. The van der Waals surface area contributed by atoms with Crippen LogP contribution in [0.15, 0.2) is 144 Å². The van der Waals surface area contributed by atoms with E-state index in [4.69, 9.17) is 58.2 Å². The third-order valence-electron chi connectivity index (χ3n) is 29.0. The number of nitrogens with two attached hydrogens (primary N) is 1. The van der Waals surface area contributed by atoms with E-state index in [0.29, 0.717) is 56.5 Å². The smallest absolute Gasteiger partial charge is 0.338 e. The number of ether oxygens (including phenoxy) is 6. The number of imide groups is 2. The van der Waals surface area contributed by atoms with Gasteiger partial charge in [0.25, 0.3) is 17.7 Å². The molecule has 680 valence electrons. The molecule has 18 atom stereocenters. The molecule has 10 fully saturated rings. The van der Waals surface area contributed by atoms with Gasteiger partial charge >= 0.3 is 29.8 Å². The number of ketones is 2. The van der Waals surface area contributed by atoms with E-state index < -0.39 is 143 Å². The quantitative estimate of drug-likeness (QED) is 0.00850. The molecule has 6 aromatic rings. The van der Waals surface area contributed by atoms with Crippen molar-refractivity contribution >= 4 is 119 Å². The zero-order chi connectivity index (χ0) is 91.6. The van der Waals surface area contributed by atoms with Gasteiger partial charge in [-0.25, -0.2) is 33.6 Å². The lowest BCUT2D eigenvalue weighted by atomic mass is 9.44. The van der Waals surface area contributed by atoms with Crippen molar-refractivity contribution in [3.8, 4) is 0 Å². The lowest BCUT2D eigenvalue weighted by Gasteiger charge is -2.67. The second kappa shape index (κ2) is 36.2. The van der Waals surface area contributed by atoms with E-state index in [1.807, 2.05) is 13.0 Å². The van der Waals surface area contributed by atoms with Crippen LogP contribution < -0.4 is 16.4 Å². The number of carbonyl (C=O) groups is 12. The summed E-state index contributed by atoms with van der Waals surface area (Å²) in [6.07, 6.45) is 2.60. The van der Waals surface area contributed by atoms with Gasteiger partial charge in [0.1, 0.15) is 48.1 Å². The number of aliphatic hydroxyl groups is 3. The zero-order valence-corrected chi connectivity index (χ0v) is 75.5. The lowest BCUT2D eigenvalue weighted by Crippen LogP contribution is -2.82. The van der Waals surface area contributed by atoms with Gasteiger partial charge in [-0.1, -0.05) is 131 Å². The Morgan fingerprint density at radius 3 is 1.92 bits per heavy atom. The minimum Gasteiger partial charge on any atom is -0.462 e. The summed E-state index contributed by atoms with van der Waals surface area (Å²) in [5.74, 6) is -6.06. The molecule has 1 unspecified atom stereocenters. The van der Waals surface area contributed by atoms with E-state index in [-0.39, 0.29) is 82.9 Å². The van der Waals surface area contributed by atoms with E-state index in [2.05, 4.69) is 58.4 Å². The van der Waals surface area contributed by atoms with Crippen LogP contribution >= 0.6 is 18.7 Å². The first-order chi connectivity index (χ1) is 60.8. The maximum absolute atomic E-state index is 15.5. The SMILES string of the molecule is CC(=O)O[C@H]1C(=O)[C@@]2(C)[C@H]([C@H](OC(=O)c3ccccc3)[C@]3(O)C[C@H](OC(=O)[C@H](O)[C@@H](NC(=O)c4ccccc4)c4ccccc4)C(C)=C1C3(C)C)[C@]1(OC(C)=O)CO[C@@H]1C[C@@H]2O.CCC(=O)O[C@H]1CC[C@H]2[C@@H]3CCC4=CC(=O)CC[C@]4(C)[C@H]3CC[C@]12C.Nc1nc(=S)c2[nH]cnc2[nH]1.O=C1CCC(N2C(=O)c3ccccc3C2=O)C(=O)N1.S=P(N1CC1)(N1CC1)N1CC1. The van der Waals surface area contributed by atoms with Gasteiger partial charge in [-0.3, -0.25) is 58.2 Å². The summed E-state index contributed by atoms with van der Waals surface area (Å²) >= 11 is 10.7. The van der Waals surface area contributed by atoms with Crippen molar-refractivity contribution in [2.75, 3.05) is 51.6 Å². The Kier molecular flexibility index (Phi) is 26.2. The Hall–Kier alpha value is -10.3. The summed E-state index contributed by atoms with van der Waals surface area (Å²) in [6.45, 7) is 20.9. The molecule has 5 saturated carbocycles. The molecular formula is C93H110N11O21PS2. The molecule has 5 amide bonds. The first kappa shape index (κ1) is 92.5. The van der Waals surface area contributed by atoms with E-state index in [9.17, 15) is 68.1 Å². The predicted molar refractivity (Wildman–Crippen MR) is 470 cm³/mol. The van der Waals surface area contributed by atoms with Gasteiger partial charge in [0.05, 0.1) is 53.1 Å². The van der Waals surface area contributed by atoms with Crippen LogP contribution in [0.4, 0.5) is 5.95 Å². The Labute approximate surface area is 750 Å². The number of aromatic nitrogens is 4. The maximum Gasteiger partial charge on any atom is 0.338 e. The van der Waals surface area contributed by atoms with Crippen molar-refractivity contribution in [2.45, 2.75) is 212 Å². The molecular weight excluding hydrogens is 1700 g/mol. The normalized spacial score (nSPS) is 31.4. The number of aliphatic hydroxyl groups excluding tert-OH is 2. The molecule has 32 nitrogen and oxygen atoms in total. The fourth-order valence-corrected chi connectivity index (χ4v) is 26.5. The fraction of sp³-hybridized carbons (Fsp3) is 0.516. The number of hydrogen-bond acceptors (Lipinski definition) is 26. The Bertz CT molecular complexity index is 5520. The van der Waals surface area contributed by atoms with E-state index >= 15 is 4.79 Å². The number of allylic oxidation sites excluding steroid dienone is 1. The highest BCUT2D eigenvalue weighted by Gasteiger charge is 2.79. The van der Waals surface area contributed by atoms with Crippen LogP contribution in [0.1, 0.15) is 199 Å². The number of Topliss-reactive ketones (excluding diaryl/α,β-unsaturated/α-hetero) is 1. The average molecular weight is 1810 g/mol. The number of H-pyrrole nitrogens is 2. The van der Waals surface area contributed by atoms with Crippen molar-refractivity contribution < 1.29 is 101 Å². The van der Waals surface area contributed by atoms with Gasteiger partial charge in [0.15, 0.2) is 39.7 Å². The van der Waals surface area contributed by atoms with Crippen LogP contribution in [0, 0.1) is 50.0 Å². The van der Waals surface area contributed by atoms with Gasteiger partial charge in [-0.2, -0.15) is 0 Å². The largest absolute Gasteiger partial charge is 0.462 e. The highest BCUT2D eigenvalue weighted by molar-refractivity contribution is 8.11. The van der Waals surface area contributed by atoms with Crippen LogP contribution in [-0.4, -0.2) is 231 Å². The van der Waals surface area contributed by atoms with E-state index in [1.165, 1.54) is 96.4 Å².